The van der Waals surface area contributed by atoms with Crippen LogP contribution in [0, 0.1) is 0 Å². The molecule has 0 saturated carbocycles. The molecule has 0 radical (unpaired) electrons. The minimum absolute atomic E-state index is 0.0291. The maximum atomic E-state index is 12.2. The number of carbonyl (C=O) groups is 2. The van der Waals surface area contributed by atoms with Crippen LogP contribution < -0.4 is 10.6 Å². The average Bonchev–Trinajstić information content (AvgIpc) is 2.68. The van der Waals surface area contributed by atoms with Crippen LogP contribution in [0.1, 0.15) is 33.3 Å². The van der Waals surface area contributed by atoms with Crippen LogP contribution in [0.15, 0.2) is 60.7 Å². The Morgan fingerprint density at radius 2 is 1.70 bits per heavy atom. The summed E-state index contributed by atoms with van der Waals surface area (Å²) in [6, 6.07) is 17.4. The second kappa shape index (κ2) is 8.42. The van der Waals surface area contributed by atoms with E-state index in [1.165, 1.54) is 6.92 Å². The second-order valence-electron chi connectivity index (χ2n) is 5.84. The summed E-state index contributed by atoms with van der Waals surface area (Å²) < 4.78 is 0. The van der Waals surface area contributed by atoms with Crippen LogP contribution >= 0.6 is 11.6 Å². The molecule has 0 spiro atoms. The highest BCUT2D eigenvalue weighted by Gasteiger charge is 2.09. The van der Waals surface area contributed by atoms with E-state index >= 15 is 0 Å². The lowest BCUT2D eigenvalue weighted by Gasteiger charge is -2.08. The van der Waals surface area contributed by atoms with Crippen molar-refractivity contribution < 1.29 is 9.59 Å². The van der Waals surface area contributed by atoms with Gasteiger partial charge in [0, 0.05) is 22.8 Å². The molecule has 0 unspecified atom stereocenters. The van der Waals surface area contributed by atoms with Crippen molar-refractivity contribution >= 4 is 34.8 Å². The van der Waals surface area contributed by atoms with E-state index < -0.39 is 0 Å². The second-order valence-corrected chi connectivity index (χ2v) is 6.24. The van der Waals surface area contributed by atoms with Crippen molar-refractivity contribution in [3.63, 3.8) is 0 Å². The molecule has 3 aromatic rings. The first-order valence-electron chi connectivity index (χ1n) is 8.26. The first-order chi connectivity index (χ1) is 13.0. The number of hydrogen-bond acceptors (Lipinski definition) is 5. The number of nitrogens with zero attached hydrogens (tertiary/aromatic N) is 2. The monoisotopic (exact) mass is 380 g/mol. The zero-order valence-electron chi connectivity index (χ0n) is 14.6. The van der Waals surface area contributed by atoms with Gasteiger partial charge < -0.3 is 10.6 Å². The topological polar surface area (TPSA) is 84.0 Å². The van der Waals surface area contributed by atoms with E-state index in [9.17, 15) is 9.59 Å². The van der Waals surface area contributed by atoms with Crippen molar-refractivity contribution in [2.75, 3.05) is 10.6 Å². The number of Topliss-reactive ketones (excluding diaryl/α,β-unsaturated/α-hetero) is 1. The van der Waals surface area contributed by atoms with Gasteiger partial charge in [0.05, 0.1) is 0 Å². The summed E-state index contributed by atoms with van der Waals surface area (Å²) in [6.45, 7) is 1.99. The van der Waals surface area contributed by atoms with E-state index in [-0.39, 0.29) is 17.4 Å². The van der Waals surface area contributed by atoms with Gasteiger partial charge in [0.2, 0.25) is 0 Å². The number of halogens is 1. The fraction of sp³-hybridized carbons (Fsp3) is 0.100. The van der Waals surface area contributed by atoms with E-state index in [2.05, 4.69) is 20.8 Å². The zero-order valence-corrected chi connectivity index (χ0v) is 15.3. The van der Waals surface area contributed by atoms with Crippen LogP contribution in [-0.2, 0) is 6.54 Å². The Labute approximate surface area is 161 Å². The minimum Gasteiger partial charge on any atom is -0.364 e. The molecule has 0 aliphatic carbocycles. The maximum absolute atomic E-state index is 12.2. The van der Waals surface area contributed by atoms with Crippen molar-refractivity contribution in [1.82, 2.24) is 10.2 Å². The van der Waals surface area contributed by atoms with Gasteiger partial charge in [0.15, 0.2) is 11.5 Å². The minimum atomic E-state index is -0.379. The number of amides is 1. The molecular weight excluding hydrogens is 364 g/mol. The van der Waals surface area contributed by atoms with Crippen molar-refractivity contribution in [3.8, 4) is 0 Å². The van der Waals surface area contributed by atoms with Gasteiger partial charge in [-0.2, -0.15) is 0 Å². The largest absolute Gasteiger partial charge is 0.364 e. The number of benzene rings is 2. The molecular formula is C20H17ClN4O2. The Kier molecular flexibility index (Phi) is 5.78. The van der Waals surface area contributed by atoms with Crippen LogP contribution in [-0.4, -0.2) is 21.9 Å². The average molecular weight is 381 g/mol. The lowest BCUT2D eigenvalue weighted by Crippen LogP contribution is -2.15. The number of rotatable bonds is 6. The molecule has 1 amide bonds. The summed E-state index contributed by atoms with van der Waals surface area (Å²) in [6.07, 6.45) is 0. The van der Waals surface area contributed by atoms with E-state index in [1.807, 2.05) is 24.3 Å². The Morgan fingerprint density at radius 1 is 0.963 bits per heavy atom. The van der Waals surface area contributed by atoms with Gasteiger partial charge in [-0.1, -0.05) is 29.8 Å². The van der Waals surface area contributed by atoms with Gasteiger partial charge in [0.1, 0.15) is 5.82 Å². The molecule has 2 N–H and O–H groups in total. The SMILES string of the molecule is CC(=O)c1ccc(NC(=O)c2ccc(NCc3ccccc3Cl)nn2)cc1. The molecule has 1 heterocycles. The third-order valence-electron chi connectivity index (χ3n) is 3.86. The molecule has 0 aliphatic rings. The Morgan fingerprint density at radius 3 is 2.33 bits per heavy atom. The van der Waals surface area contributed by atoms with Gasteiger partial charge in [0.25, 0.3) is 5.91 Å². The van der Waals surface area contributed by atoms with Crippen LogP contribution in [0.3, 0.4) is 0 Å². The Balaban J connectivity index is 1.60. The zero-order chi connectivity index (χ0) is 19.2. The predicted molar refractivity (Wildman–Crippen MR) is 105 cm³/mol. The summed E-state index contributed by atoms with van der Waals surface area (Å²) in [4.78, 5) is 23.5. The molecule has 0 bridgehead atoms. The van der Waals surface area contributed by atoms with E-state index in [0.717, 1.165) is 5.56 Å². The lowest BCUT2D eigenvalue weighted by atomic mass is 10.1. The molecule has 27 heavy (non-hydrogen) atoms. The number of carbonyl (C=O) groups excluding carboxylic acids is 2. The van der Waals surface area contributed by atoms with Crippen molar-refractivity contribution in [3.05, 3.63) is 82.5 Å². The first-order valence-corrected chi connectivity index (χ1v) is 8.64. The maximum Gasteiger partial charge on any atom is 0.276 e. The van der Waals surface area contributed by atoms with Gasteiger partial charge >= 0.3 is 0 Å². The van der Waals surface area contributed by atoms with E-state index in [0.29, 0.717) is 28.6 Å². The number of hydrogen-bond donors (Lipinski definition) is 2. The fourth-order valence-corrected chi connectivity index (χ4v) is 2.56. The predicted octanol–water partition coefficient (Wildman–Crippen LogP) is 4.20. The molecule has 0 fully saturated rings. The molecule has 136 valence electrons. The number of nitrogens with one attached hydrogen (secondary N) is 2. The molecule has 6 nitrogen and oxygen atoms in total. The van der Waals surface area contributed by atoms with Crippen LogP contribution in [0.5, 0.6) is 0 Å². The standard InChI is InChI=1S/C20H17ClN4O2/c1-13(26)14-6-8-16(9-7-14)23-20(27)18-10-11-19(25-24-18)22-12-15-4-2-3-5-17(15)21/h2-11H,12H2,1H3,(H,22,25)(H,23,27). The quantitative estimate of drug-likeness (QED) is 0.626. The van der Waals surface area contributed by atoms with Gasteiger partial charge in [-0.25, -0.2) is 0 Å². The molecule has 2 aromatic carbocycles. The molecule has 0 atom stereocenters. The van der Waals surface area contributed by atoms with Gasteiger partial charge in [-0.3, -0.25) is 9.59 Å². The third kappa shape index (κ3) is 4.89. The van der Waals surface area contributed by atoms with Gasteiger partial charge in [-0.15, -0.1) is 10.2 Å². The van der Waals surface area contributed by atoms with Gasteiger partial charge in [-0.05, 0) is 55.0 Å². The summed E-state index contributed by atoms with van der Waals surface area (Å²) in [5.74, 6) is 0.131. The Bertz CT molecular complexity index is 956. The highest BCUT2D eigenvalue weighted by Crippen LogP contribution is 2.16. The van der Waals surface area contributed by atoms with Crippen molar-refractivity contribution in [1.29, 1.82) is 0 Å². The highest BCUT2D eigenvalue weighted by atomic mass is 35.5. The molecule has 0 saturated heterocycles. The number of anilines is 2. The van der Waals surface area contributed by atoms with E-state index in [4.69, 9.17) is 11.6 Å². The normalized spacial score (nSPS) is 10.3. The third-order valence-corrected chi connectivity index (χ3v) is 4.23. The summed E-state index contributed by atoms with van der Waals surface area (Å²) in [5, 5.41) is 14.5. The Hall–Kier alpha value is -3.25. The van der Waals surface area contributed by atoms with E-state index in [1.54, 1.807) is 36.4 Å². The summed E-state index contributed by atoms with van der Waals surface area (Å²) >= 11 is 6.11. The smallest absolute Gasteiger partial charge is 0.276 e. The van der Waals surface area contributed by atoms with Crippen LogP contribution in [0.2, 0.25) is 5.02 Å². The van der Waals surface area contributed by atoms with Crippen molar-refractivity contribution in [2.45, 2.75) is 13.5 Å². The van der Waals surface area contributed by atoms with Crippen LogP contribution in [0.4, 0.5) is 11.5 Å². The summed E-state index contributed by atoms with van der Waals surface area (Å²) in [5.41, 5.74) is 2.29. The summed E-state index contributed by atoms with van der Waals surface area (Å²) in [7, 11) is 0. The molecule has 3 rings (SSSR count). The number of aromatic nitrogens is 2. The van der Waals surface area contributed by atoms with Crippen LogP contribution in [0.25, 0.3) is 0 Å². The molecule has 7 heteroatoms. The molecule has 0 aliphatic heterocycles. The first kappa shape index (κ1) is 18.5. The molecule has 1 aromatic heterocycles. The number of ketones is 1. The highest BCUT2D eigenvalue weighted by molar-refractivity contribution is 6.31. The lowest BCUT2D eigenvalue weighted by molar-refractivity contribution is 0.101. The fourth-order valence-electron chi connectivity index (χ4n) is 2.36. The van der Waals surface area contributed by atoms with Crippen molar-refractivity contribution in [2.24, 2.45) is 0 Å².